The Morgan fingerprint density at radius 1 is 0.198 bits per heavy atom. The van der Waals surface area contributed by atoms with Crippen LogP contribution in [0.5, 0.6) is 0 Å². The van der Waals surface area contributed by atoms with Gasteiger partial charge in [-0.25, -0.2) is 0 Å². The third-order valence-electron chi connectivity index (χ3n) is 28.2. The Hall–Kier alpha value is -15.4. The van der Waals surface area contributed by atoms with Crippen molar-refractivity contribution >= 4 is 153 Å². The zero-order valence-electron chi connectivity index (χ0n) is 71.5. The first-order valence-corrected chi connectivity index (χ1v) is 44.3. The average Bonchev–Trinajstić information content (AvgIpc) is 1.53. The van der Waals surface area contributed by atoms with E-state index in [-0.39, 0.29) is 16.2 Å². The first kappa shape index (κ1) is 73.4. The van der Waals surface area contributed by atoms with Crippen LogP contribution in [0.25, 0.3) is 186 Å². The second kappa shape index (κ2) is 27.6. The standard InChI is InChI=1S/C62H43N.C60H45N3/c1-61(2)54-16-10-8-14-46(54)48-24-22-41(32-56(48)61)37-18-20-39-28-50-52-30-45(36-12-6-5-7-13-36)31-53-51-29-40-21-19-38(27-44(40)35-59(51)63(60(52)53)58(50)34-43(39)26-37)42-23-25-49-47-15-9-11-17-55(47)62(3,4)57(49)33-42;1-60(2,3)46-28-24-40(25-29-46)45-36-55-53-34-41-26-30-51(61(47-16-8-4-9-17-47)48-18-10-5-11-19-48)32-43(41)38-57(53)63-58-39-44-33-52(31-27-42(44)35-54(58)56(37-45)59(55)63)62(49-20-12-6-13-21-49)50-22-14-7-15-23-50/h5-35H,1-4H3;4-39H,1-3H3. The average molecular weight is 1610 g/mol. The van der Waals surface area contributed by atoms with Gasteiger partial charge in [-0.2, -0.15) is 0 Å². The van der Waals surface area contributed by atoms with Gasteiger partial charge < -0.3 is 18.6 Å². The molecule has 0 aliphatic heterocycles. The molecule has 0 unspecified atom stereocenters. The fraction of sp³-hybridized carbons (Fsp3) is 0.0820. The van der Waals surface area contributed by atoms with Gasteiger partial charge in [0.05, 0.1) is 33.1 Å². The van der Waals surface area contributed by atoms with Gasteiger partial charge in [-0.15, -0.1) is 0 Å². The normalized spacial score (nSPS) is 13.3. The van der Waals surface area contributed by atoms with E-state index in [1.807, 2.05) is 0 Å². The summed E-state index contributed by atoms with van der Waals surface area (Å²) in [7, 11) is 0. The minimum atomic E-state index is -0.0413. The monoisotopic (exact) mass is 1610 g/mol. The Labute approximate surface area is 732 Å². The van der Waals surface area contributed by atoms with E-state index >= 15 is 0 Å². The molecule has 4 heteroatoms. The number of para-hydroxylation sites is 4. The van der Waals surface area contributed by atoms with Crippen LogP contribution in [0.1, 0.15) is 76.3 Å². The summed E-state index contributed by atoms with van der Waals surface area (Å²) in [5, 5.41) is 20.1. The van der Waals surface area contributed by atoms with E-state index in [0.717, 1.165) is 34.1 Å². The first-order valence-electron chi connectivity index (χ1n) is 44.3. The first-order chi connectivity index (χ1) is 61.6. The van der Waals surface area contributed by atoms with Crippen LogP contribution >= 0.6 is 0 Å². The summed E-state index contributed by atoms with van der Waals surface area (Å²) in [4.78, 5) is 4.69. The number of anilines is 6. The summed E-state index contributed by atoms with van der Waals surface area (Å²) < 4.78 is 5.10. The highest BCUT2D eigenvalue weighted by Gasteiger charge is 2.37. The molecule has 0 spiro atoms. The van der Waals surface area contributed by atoms with Gasteiger partial charge >= 0.3 is 0 Å². The molecule has 4 heterocycles. The summed E-state index contributed by atoms with van der Waals surface area (Å²) in [5.41, 5.74) is 36.6. The summed E-state index contributed by atoms with van der Waals surface area (Å²) in [5.74, 6) is 0. The molecule has 0 atom stereocenters. The highest BCUT2D eigenvalue weighted by atomic mass is 15.1. The molecule has 26 rings (SSSR count). The third-order valence-corrected chi connectivity index (χ3v) is 28.2. The molecule has 0 bridgehead atoms. The largest absolute Gasteiger partial charge is 0.310 e. The van der Waals surface area contributed by atoms with Crippen LogP contribution in [-0.2, 0) is 16.2 Å². The number of hydrogen-bond donors (Lipinski definition) is 0. The number of aromatic nitrogens is 2. The Morgan fingerprint density at radius 3 is 0.841 bits per heavy atom. The fourth-order valence-electron chi connectivity index (χ4n) is 21.8. The van der Waals surface area contributed by atoms with Crippen LogP contribution in [0.15, 0.2) is 406 Å². The molecular weight excluding hydrogens is 1520 g/mol. The molecule has 0 radical (unpaired) electrons. The Morgan fingerprint density at radius 2 is 0.484 bits per heavy atom. The van der Waals surface area contributed by atoms with Crippen LogP contribution in [-0.4, -0.2) is 8.80 Å². The van der Waals surface area contributed by atoms with Gasteiger partial charge in [0.1, 0.15) is 0 Å². The number of fused-ring (bicyclic) bond motifs is 22. The Balaban J connectivity index is 0.000000137. The van der Waals surface area contributed by atoms with Gasteiger partial charge in [0.2, 0.25) is 0 Å². The van der Waals surface area contributed by atoms with E-state index in [1.54, 1.807) is 0 Å². The van der Waals surface area contributed by atoms with Crippen molar-refractivity contribution in [3.63, 3.8) is 0 Å². The lowest BCUT2D eigenvalue weighted by Gasteiger charge is -2.25. The highest BCUT2D eigenvalue weighted by molar-refractivity contribution is 6.29. The van der Waals surface area contributed by atoms with Gasteiger partial charge in [-0.1, -0.05) is 285 Å². The van der Waals surface area contributed by atoms with Crippen molar-refractivity contribution in [2.75, 3.05) is 9.80 Å². The second-order valence-corrected chi connectivity index (χ2v) is 37.2. The van der Waals surface area contributed by atoms with Crippen LogP contribution in [0, 0.1) is 0 Å². The lowest BCUT2D eigenvalue weighted by atomic mass is 9.81. The summed E-state index contributed by atoms with van der Waals surface area (Å²) in [6.07, 6.45) is 0. The molecule has 0 saturated heterocycles. The molecule has 4 aromatic heterocycles. The number of rotatable bonds is 10. The van der Waals surface area contributed by atoms with Crippen molar-refractivity contribution in [1.82, 2.24) is 8.80 Å². The summed E-state index contributed by atoms with van der Waals surface area (Å²) in [6, 6.07) is 152. The minimum Gasteiger partial charge on any atom is -0.310 e. The summed E-state index contributed by atoms with van der Waals surface area (Å²) in [6.45, 7) is 16.3. The molecule has 24 aromatic rings. The number of benzene rings is 20. The molecule has 4 nitrogen and oxygen atoms in total. The predicted octanol–water partition coefficient (Wildman–Crippen LogP) is 33.8. The maximum atomic E-state index is 2.56. The molecule has 0 saturated carbocycles. The minimum absolute atomic E-state index is 0.0413. The van der Waals surface area contributed by atoms with Crippen LogP contribution in [0.2, 0.25) is 0 Å². The van der Waals surface area contributed by atoms with Crippen LogP contribution in [0.3, 0.4) is 0 Å². The van der Waals surface area contributed by atoms with E-state index in [1.165, 1.54) is 214 Å². The van der Waals surface area contributed by atoms with Gasteiger partial charge in [-0.05, 0) is 313 Å². The predicted molar refractivity (Wildman–Crippen MR) is 537 cm³/mol. The topological polar surface area (TPSA) is 15.3 Å². The second-order valence-electron chi connectivity index (χ2n) is 37.2. The molecule has 0 amide bonds. The number of hydrogen-bond acceptors (Lipinski definition) is 2. The van der Waals surface area contributed by atoms with Crippen LogP contribution < -0.4 is 9.80 Å². The quantitative estimate of drug-likeness (QED) is 0.136. The fourth-order valence-corrected chi connectivity index (χ4v) is 21.8. The zero-order valence-corrected chi connectivity index (χ0v) is 71.5. The summed E-state index contributed by atoms with van der Waals surface area (Å²) >= 11 is 0. The smallest absolute Gasteiger partial charge is 0.0620 e. The van der Waals surface area contributed by atoms with Gasteiger partial charge in [0.25, 0.3) is 0 Å². The third kappa shape index (κ3) is 11.4. The van der Waals surface area contributed by atoms with Gasteiger partial charge in [0.15, 0.2) is 0 Å². The van der Waals surface area contributed by atoms with E-state index in [0.29, 0.717) is 0 Å². The SMILES string of the molecule is CC(C)(C)c1ccc(-c2cc3c4cc5ccc(N(c6ccccc6)c6ccccc6)cc5cc4n4c5cc6cc(N(c7ccccc7)c7ccccc7)ccc6cc5c(c2)c34)cc1.CC1(C)c2ccccc2-c2ccc(-c3ccc4cc5c6cc(-c7ccccc7)cc7c8cc9ccc(-c%10ccc%11c(c%10)C(C)(C)c%10ccccc%10-%11)cc9cc8n(c5cc4c3)c67)cc21. The van der Waals surface area contributed by atoms with Crippen molar-refractivity contribution in [3.05, 3.63) is 434 Å². The lowest BCUT2D eigenvalue weighted by Crippen LogP contribution is -2.14. The molecule has 126 heavy (non-hydrogen) atoms. The number of nitrogens with zero attached hydrogens (tertiary/aromatic N) is 4. The molecule has 596 valence electrons. The van der Waals surface area contributed by atoms with Crippen molar-refractivity contribution in [3.8, 4) is 66.8 Å². The van der Waals surface area contributed by atoms with E-state index in [9.17, 15) is 0 Å². The lowest BCUT2D eigenvalue weighted by molar-refractivity contribution is 0.590. The Bertz CT molecular complexity index is 8060. The van der Waals surface area contributed by atoms with Crippen molar-refractivity contribution in [2.45, 2.75) is 64.7 Å². The van der Waals surface area contributed by atoms with E-state index < -0.39 is 0 Å². The van der Waals surface area contributed by atoms with E-state index in [2.05, 4.69) is 474 Å². The molecule has 2 aliphatic rings. The molecule has 20 aromatic carbocycles. The zero-order chi connectivity index (χ0) is 84.2. The van der Waals surface area contributed by atoms with Crippen molar-refractivity contribution in [2.24, 2.45) is 0 Å². The highest BCUT2D eigenvalue weighted by Crippen LogP contribution is 2.54. The maximum Gasteiger partial charge on any atom is 0.0620 e. The van der Waals surface area contributed by atoms with Crippen molar-refractivity contribution < 1.29 is 0 Å². The molecule has 2 aliphatic carbocycles. The van der Waals surface area contributed by atoms with Crippen molar-refractivity contribution in [1.29, 1.82) is 0 Å². The Kier molecular flexibility index (Phi) is 16.1. The van der Waals surface area contributed by atoms with E-state index in [4.69, 9.17) is 0 Å². The van der Waals surface area contributed by atoms with Crippen LogP contribution in [0.4, 0.5) is 34.1 Å². The molecule has 0 fully saturated rings. The van der Waals surface area contributed by atoms with Gasteiger partial charge in [0, 0.05) is 88.0 Å². The van der Waals surface area contributed by atoms with Gasteiger partial charge in [-0.3, -0.25) is 0 Å². The maximum absolute atomic E-state index is 2.56. The molecule has 0 N–H and O–H groups in total. The molecular formula is C122H88N4.